The third kappa shape index (κ3) is 5.57. The van der Waals surface area contributed by atoms with Crippen LogP contribution in [0.15, 0.2) is 30.5 Å². The third-order valence-electron chi connectivity index (χ3n) is 11.1. The molecule has 12 heteroatoms. The molecule has 1 saturated carbocycles. The minimum Gasteiger partial charge on any atom is -0.468 e. The first-order valence-corrected chi connectivity index (χ1v) is 17.2. The Balaban J connectivity index is 1.27. The molecule has 3 saturated heterocycles. The fourth-order valence-corrected chi connectivity index (χ4v) is 8.86. The number of aromatic nitrogens is 3. The van der Waals surface area contributed by atoms with Crippen molar-refractivity contribution in [1.29, 1.82) is 0 Å². The average molecular weight is 676 g/mol. The number of pyridine rings is 1. The number of nitrogens with zero attached hydrogens (tertiary/aromatic N) is 5. The van der Waals surface area contributed by atoms with Crippen LogP contribution in [-0.2, 0) is 16.0 Å². The van der Waals surface area contributed by atoms with Crippen molar-refractivity contribution >= 4 is 33.3 Å². The summed E-state index contributed by atoms with van der Waals surface area (Å²) in [6.45, 7) is 4.50. The van der Waals surface area contributed by atoms with Crippen molar-refractivity contribution in [2.45, 2.75) is 70.0 Å². The highest BCUT2D eigenvalue weighted by molar-refractivity contribution is 6.02. The molecule has 4 aromatic rings. The lowest BCUT2D eigenvalue weighted by molar-refractivity contribution is -0.133. The average Bonchev–Trinajstić information content (AvgIpc) is 3.61. The maximum Gasteiger partial charge on any atom is 0.319 e. The van der Waals surface area contributed by atoms with Crippen molar-refractivity contribution in [3.8, 4) is 23.0 Å². The highest BCUT2D eigenvalue weighted by atomic mass is 19.1. The number of carbonyl (C=O) groups excluding carboxylic acids is 1. The van der Waals surface area contributed by atoms with Gasteiger partial charge in [0.1, 0.15) is 47.2 Å². The summed E-state index contributed by atoms with van der Waals surface area (Å²) in [5.41, 5.74) is 0.265. The summed E-state index contributed by atoms with van der Waals surface area (Å²) < 4.78 is 64.0. The van der Waals surface area contributed by atoms with Gasteiger partial charge in [0.05, 0.1) is 10.9 Å². The van der Waals surface area contributed by atoms with E-state index in [1.807, 2.05) is 6.92 Å². The van der Waals surface area contributed by atoms with Gasteiger partial charge < -0.3 is 19.1 Å². The van der Waals surface area contributed by atoms with E-state index in [-0.39, 0.29) is 47.6 Å². The molecule has 3 aliphatic heterocycles. The van der Waals surface area contributed by atoms with Crippen molar-refractivity contribution in [3.63, 3.8) is 0 Å². The van der Waals surface area contributed by atoms with Crippen LogP contribution in [0, 0.1) is 17.0 Å². The second kappa shape index (κ2) is 12.4. The minimum absolute atomic E-state index is 0.00685. The van der Waals surface area contributed by atoms with E-state index in [1.54, 1.807) is 24.4 Å². The van der Waals surface area contributed by atoms with Crippen LogP contribution < -0.4 is 14.4 Å². The summed E-state index contributed by atoms with van der Waals surface area (Å²) in [5.74, 6) is 0.0846. The molecule has 258 valence electrons. The number of methoxy groups -OCH3 is 1. The fourth-order valence-electron chi connectivity index (χ4n) is 8.86. The van der Waals surface area contributed by atoms with Crippen molar-refractivity contribution < 1.29 is 32.2 Å². The summed E-state index contributed by atoms with van der Waals surface area (Å²) in [6.07, 6.45) is 6.05. The van der Waals surface area contributed by atoms with Gasteiger partial charge in [0, 0.05) is 63.2 Å². The molecule has 1 aliphatic carbocycles. The zero-order valence-corrected chi connectivity index (χ0v) is 27.9. The van der Waals surface area contributed by atoms with Gasteiger partial charge in [-0.25, -0.2) is 13.2 Å². The normalized spacial score (nSPS) is 23.4. The number of ketones is 1. The number of halogens is 3. The smallest absolute Gasteiger partial charge is 0.319 e. The molecular weight excluding hydrogens is 635 g/mol. The molecule has 0 N–H and O–H groups in total. The van der Waals surface area contributed by atoms with Crippen LogP contribution in [0.4, 0.5) is 19.0 Å². The number of hydrogen-bond acceptors (Lipinski definition) is 9. The van der Waals surface area contributed by atoms with Crippen molar-refractivity contribution in [3.05, 3.63) is 47.7 Å². The Hall–Kier alpha value is -4.03. The van der Waals surface area contributed by atoms with E-state index in [1.165, 1.54) is 13.2 Å². The Bertz CT molecular complexity index is 1950. The Kier molecular flexibility index (Phi) is 8.14. The summed E-state index contributed by atoms with van der Waals surface area (Å²) in [5, 5.41) is 1.63. The number of rotatable bonds is 9. The second-order valence-electron chi connectivity index (χ2n) is 14.3. The monoisotopic (exact) mass is 675 g/mol. The third-order valence-corrected chi connectivity index (χ3v) is 11.1. The number of fused-ring (bicyclic) bond motifs is 3. The first-order valence-electron chi connectivity index (χ1n) is 17.2. The van der Waals surface area contributed by atoms with E-state index in [0.29, 0.717) is 84.2 Å². The van der Waals surface area contributed by atoms with Gasteiger partial charge >= 0.3 is 6.01 Å². The summed E-state index contributed by atoms with van der Waals surface area (Å²) in [7, 11) is 1.51. The largest absolute Gasteiger partial charge is 0.468 e. The molecular formula is C37H40F3N5O4. The lowest BCUT2D eigenvalue weighted by Gasteiger charge is -2.48. The van der Waals surface area contributed by atoms with Crippen LogP contribution in [0.5, 0.6) is 11.8 Å². The standard InChI is InChI=1S/C37H40F3N5O4/c1-3-26-29(39)7-6-22-12-25(49-21-47-2)13-27(30(22)26)32-31(40)33-28(17-41-32)34(44-10-4-8-36(19-44)15-24(46)16-36)43-35(42-33)48-20-37-9-5-11-45(37)18-23(38)14-37/h6-7,12-13,17,23H,3-5,8-11,14-16,18-21H2,1-2H3/t23-,37+/m1/s1. The minimum atomic E-state index is -0.922. The quantitative estimate of drug-likeness (QED) is 0.183. The molecule has 4 fully saturated rings. The van der Waals surface area contributed by atoms with Gasteiger partial charge in [-0.1, -0.05) is 13.0 Å². The summed E-state index contributed by atoms with van der Waals surface area (Å²) in [4.78, 5) is 30.4. The predicted molar refractivity (Wildman–Crippen MR) is 179 cm³/mol. The molecule has 0 radical (unpaired) electrons. The molecule has 2 aromatic heterocycles. The number of carbonyl (C=O) groups is 1. The summed E-state index contributed by atoms with van der Waals surface area (Å²) in [6, 6.07) is 6.48. The highest BCUT2D eigenvalue weighted by Crippen LogP contribution is 2.47. The topological polar surface area (TPSA) is 89.9 Å². The highest BCUT2D eigenvalue weighted by Gasteiger charge is 2.50. The molecule has 8 rings (SSSR count). The SMILES string of the molecule is CCc1c(F)ccc2cc(OCOC)cc(-c3ncc4c(N5CCCC6(CC(=O)C6)C5)nc(OC[C@@]56CCCN5C[C@H](F)C6)nc4c3F)c12. The van der Waals surface area contributed by atoms with E-state index < -0.39 is 17.5 Å². The van der Waals surface area contributed by atoms with E-state index in [0.717, 1.165) is 32.2 Å². The van der Waals surface area contributed by atoms with Gasteiger partial charge in [-0.05, 0) is 73.2 Å². The molecule has 9 nitrogen and oxygen atoms in total. The fraction of sp³-hybridized carbons (Fsp3) is 0.514. The molecule has 49 heavy (non-hydrogen) atoms. The molecule has 0 amide bonds. The first kappa shape index (κ1) is 32.2. The Morgan fingerprint density at radius 3 is 2.69 bits per heavy atom. The van der Waals surface area contributed by atoms with Crippen molar-refractivity contribution in [1.82, 2.24) is 19.9 Å². The zero-order valence-electron chi connectivity index (χ0n) is 27.9. The van der Waals surface area contributed by atoms with Crippen LogP contribution in [0.25, 0.3) is 32.9 Å². The van der Waals surface area contributed by atoms with E-state index in [4.69, 9.17) is 19.2 Å². The first-order chi connectivity index (χ1) is 23.7. The van der Waals surface area contributed by atoms with Crippen LogP contribution in [-0.4, -0.2) is 84.0 Å². The molecule has 0 unspecified atom stereocenters. The number of hydrogen-bond donors (Lipinski definition) is 0. The predicted octanol–water partition coefficient (Wildman–Crippen LogP) is 6.57. The molecule has 2 atom stereocenters. The van der Waals surface area contributed by atoms with Crippen LogP contribution >= 0.6 is 0 Å². The van der Waals surface area contributed by atoms with E-state index in [2.05, 4.69) is 19.8 Å². The van der Waals surface area contributed by atoms with Crippen LogP contribution in [0.2, 0.25) is 0 Å². The number of piperidine rings is 1. The molecule has 0 bridgehead atoms. The van der Waals surface area contributed by atoms with E-state index >= 15 is 8.78 Å². The second-order valence-corrected chi connectivity index (χ2v) is 14.3. The number of ether oxygens (including phenoxy) is 3. The van der Waals surface area contributed by atoms with Crippen LogP contribution in [0.1, 0.15) is 57.4 Å². The van der Waals surface area contributed by atoms with Gasteiger partial charge in [0.25, 0.3) is 0 Å². The maximum absolute atomic E-state index is 17.1. The van der Waals surface area contributed by atoms with Gasteiger partial charge in [-0.2, -0.15) is 9.97 Å². The summed E-state index contributed by atoms with van der Waals surface area (Å²) >= 11 is 0. The number of aryl methyl sites for hydroxylation is 1. The van der Waals surface area contributed by atoms with Gasteiger partial charge in [-0.15, -0.1) is 0 Å². The van der Waals surface area contributed by atoms with Crippen molar-refractivity contribution in [2.75, 3.05) is 51.6 Å². The number of benzene rings is 2. The molecule has 1 spiro atoms. The number of Topliss-reactive ketones (excluding diaryl/α,β-unsaturated/α-hetero) is 1. The molecule has 4 aliphatic rings. The van der Waals surface area contributed by atoms with Crippen LogP contribution in [0.3, 0.4) is 0 Å². The Morgan fingerprint density at radius 1 is 1.06 bits per heavy atom. The molecule has 2 aromatic carbocycles. The number of anilines is 1. The van der Waals surface area contributed by atoms with Crippen molar-refractivity contribution in [2.24, 2.45) is 5.41 Å². The Morgan fingerprint density at radius 2 is 1.90 bits per heavy atom. The number of alkyl halides is 1. The van der Waals surface area contributed by atoms with E-state index in [9.17, 15) is 9.18 Å². The lowest BCUT2D eigenvalue weighted by atomic mass is 9.63. The maximum atomic E-state index is 17.1. The Labute approximate surface area is 282 Å². The zero-order chi connectivity index (χ0) is 33.9. The molecule has 5 heterocycles. The van der Waals surface area contributed by atoms with Gasteiger partial charge in [0.15, 0.2) is 12.6 Å². The lowest BCUT2D eigenvalue weighted by Crippen LogP contribution is -2.51. The van der Waals surface area contributed by atoms with Gasteiger partial charge in [0.2, 0.25) is 0 Å². The van der Waals surface area contributed by atoms with Gasteiger partial charge in [-0.3, -0.25) is 14.7 Å².